The van der Waals surface area contributed by atoms with Crippen LogP contribution in [0.2, 0.25) is 0 Å². The molecule has 9 heteroatoms. The highest BCUT2D eigenvalue weighted by atomic mass is 32.2. The fourth-order valence-electron chi connectivity index (χ4n) is 3.17. The molecule has 1 aromatic rings. The zero-order chi connectivity index (χ0) is 21.7. The number of carbonyl (C=O) groups excluding carboxylic acids is 2. The normalized spacial score (nSPS) is 17.0. The molecule has 8 nitrogen and oxygen atoms in total. The van der Waals surface area contributed by atoms with E-state index in [-0.39, 0.29) is 4.90 Å². The van der Waals surface area contributed by atoms with Gasteiger partial charge in [-0.1, -0.05) is 25.3 Å². The molecule has 0 saturated heterocycles. The predicted octanol–water partition coefficient (Wildman–Crippen LogP) is 1.86. The SMILES string of the molecule is Cc1ccc(S(=O)(=O)NCC(=O)O[C@H](C)C(=O)NC2(C#N)CCCCC2)cc1C. The molecule has 29 heavy (non-hydrogen) atoms. The molecule has 0 heterocycles. The molecule has 2 rings (SSSR count). The van der Waals surface area contributed by atoms with E-state index in [0.29, 0.717) is 12.8 Å². The number of hydrogen-bond donors (Lipinski definition) is 2. The van der Waals surface area contributed by atoms with E-state index >= 15 is 0 Å². The number of sulfonamides is 1. The maximum atomic E-state index is 12.3. The van der Waals surface area contributed by atoms with Gasteiger partial charge in [0.25, 0.3) is 5.91 Å². The summed E-state index contributed by atoms with van der Waals surface area (Å²) in [6.07, 6.45) is 2.70. The molecule has 1 atom stereocenters. The van der Waals surface area contributed by atoms with E-state index in [1.165, 1.54) is 19.1 Å². The summed E-state index contributed by atoms with van der Waals surface area (Å²) in [4.78, 5) is 24.4. The van der Waals surface area contributed by atoms with Crippen LogP contribution in [0.25, 0.3) is 0 Å². The number of amides is 1. The Balaban J connectivity index is 1.90. The van der Waals surface area contributed by atoms with Crippen LogP contribution in [0.5, 0.6) is 0 Å². The van der Waals surface area contributed by atoms with Crippen LogP contribution < -0.4 is 10.0 Å². The number of nitriles is 1. The first-order chi connectivity index (χ1) is 13.6. The summed E-state index contributed by atoms with van der Waals surface area (Å²) in [5, 5.41) is 12.1. The van der Waals surface area contributed by atoms with Crippen molar-refractivity contribution in [2.24, 2.45) is 0 Å². The molecular weight excluding hydrogens is 394 g/mol. The summed E-state index contributed by atoms with van der Waals surface area (Å²) in [7, 11) is -3.88. The smallest absolute Gasteiger partial charge is 0.321 e. The Morgan fingerprint density at radius 3 is 2.45 bits per heavy atom. The lowest BCUT2D eigenvalue weighted by atomic mass is 9.83. The van der Waals surface area contributed by atoms with Gasteiger partial charge in [0.05, 0.1) is 11.0 Å². The molecule has 2 N–H and O–H groups in total. The van der Waals surface area contributed by atoms with Crippen LogP contribution in [-0.4, -0.2) is 38.5 Å². The third-order valence-corrected chi connectivity index (χ3v) is 6.56. The Bertz CT molecular complexity index is 915. The number of ether oxygens (including phenoxy) is 1. The van der Waals surface area contributed by atoms with Gasteiger partial charge in [-0.15, -0.1) is 0 Å². The Kier molecular flexibility index (Phi) is 7.38. The number of aryl methyl sites for hydroxylation is 2. The monoisotopic (exact) mass is 421 g/mol. The Hall–Kier alpha value is -2.44. The summed E-state index contributed by atoms with van der Waals surface area (Å²) in [5.41, 5.74) is 0.840. The lowest BCUT2D eigenvalue weighted by molar-refractivity contribution is -0.154. The van der Waals surface area contributed by atoms with Crippen molar-refractivity contribution in [3.8, 4) is 6.07 Å². The molecule has 0 aliphatic heterocycles. The molecule has 1 saturated carbocycles. The van der Waals surface area contributed by atoms with E-state index in [4.69, 9.17) is 4.74 Å². The van der Waals surface area contributed by atoms with E-state index in [1.54, 1.807) is 13.0 Å². The van der Waals surface area contributed by atoms with Gasteiger partial charge in [0.1, 0.15) is 12.1 Å². The molecule has 0 radical (unpaired) electrons. The van der Waals surface area contributed by atoms with E-state index < -0.39 is 40.1 Å². The number of nitrogens with zero attached hydrogens (tertiary/aromatic N) is 1. The highest BCUT2D eigenvalue weighted by molar-refractivity contribution is 7.89. The molecule has 1 aromatic carbocycles. The molecule has 1 aliphatic rings. The second kappa shape index (κ2) is 9.37. The third kappa shape index (κ3) is 6.02. The molecule has 1 aliphatic carbocycles. The summed E-state index contributed by atoms with van der Waals surface area (Å²) in [6, 6.07) is 6.82. The molecule has 1 amide bonds. The molecule has 0 aromatic heterocycles. The van der Waals surface area contributed by atoms with Crippen molar-refractivity contribution in [2.45, 2.75) is 69.4 Å². The number of hydrogen-bond acceptors (Lipinski definition) is 6. The van der Waals surface area contributed by atoms with Gasteiger partial charge in [0.15, 0.2) is 6.10 Å². The van der Waals surface area contributed by atoms with Gasteiger partial charge < -0.3 is 10.1 Å². The number of rotatable bonds is 7. The second-order valence-electron chi connectivity index (χ2n) is 7.45. The van der Waals surface area contributed by atoms with E-state index in [2.05, 4.69) is 16.1 Å². The number of carbonyl (C=O) groups is 2. The van der Waals surface area contributed by atoms with Gasteiger partial charge in [-0.05, 0) is 56.9 Å². The van der Waals surface area contributed by atoms with Gasteiger partial charge in [-0.2, -0.15) is 9.98 Å². The van der Waals surface area contributed by atoms with Gasteiger partial charge in [-0.3, -0.25) is 9.59 Å². The lowest BCUT2D eigenvalue weighted by Gasteiger charge is -2.32. The Morgan fingerprint density at radius 1 is 1.21 bits per heavy atom. The zero-order valence-corrected chi connectivity index (χ0v) is 17.8. The van der Waals surface area contributed by atoms with E-state index in [9.17, 15) is 23.3 Å². The summed E-state index contributed by atoms with van der Waals surface area (Å²) >= 11 is 0. The van der Waals surface area contributed by atoms with E-state index in [1.807, 2.05) is 6.92 Å². The topological polar surface area (TPSA) is 125 Å². The van der Waals surface area contributed by atoms with Crippen LogP contribution in [0.3, 0.4) is 0 Å². The van der Waals surface area contributed by atoms with Crippen molar-refractivity contribution in [1.82, 2.24) is 10.0 Å². The van der Waals surface area contributed by atoms with Gasteiger partial charge in [-0.25, -0.2) is 8.42 Å². The zero-order valence-electron chi connectivity index (χ0n) is 16.9. The van der Waals surface area contributed by atoms with Gasteiger partial charge in [0, 0.05) is 0 Å². The van der Waals surface area contributed by atoms with Crippen molar-refractivity contribution < 1.29 is 22.7 Å². The van der Waals surface area contributed by atoms with Crippen LogP contribution in [0, 0.1) is 25.2 Å². The number of benzene rings is 1. The van der Waals surface area contributed by atoms with Gasteiger partial charge in [0.2, 0.25) is 10.0 Å². The van der Waals surface area contributed by atoms with Crippen LogP contribution in [0.15, 0.2) is 23.1 Å². The predicted molar refractivity (Wildman–Crippen MR) is 106 cm³/mol. The quantitative estimate of drug-likeness (QED) is 0.647. The minimum absolute atomic E-state index is 0.0486. The third-order valence-electron chi connectivity index (χ3n) is 5.16. The second-order valence-corrected chi connectivity index (χ2v) is 9.21. The highest BCUT2D eigenvalue weighted by Gasteiger charge is 2.35. The van der Waals surface area contributed by atoms with E-state index in [0.717, 1.165) is 30.4 Å². The van der Waals surface area contributed by atoms with Crippen LogP contribution in [-0.2, 0) is 24.3 Å². The summed E-state index contributed by atoms with van der Waals surface area (Å²) in [6.45, 7) is 4.45. The Labute approximate surface area is 171 Å². The first kappa shape index (κ1) is 22.8. The fourth-order valence-corrected chi connectivity index (χ4v) is 4.22. The first-order valence-corrected chi connectivity index (χ1v) is 11.1. The summed E-state index contributed by atoms with van der Waals surface area (Å²) in [5.74, 6) is -1.45. The van der Waals surface area contributed by atoms with Crippen LogP contribution in [0.1, 0.15) is 50.2 Å². The van der Waals surface area contributed by atoms with Crippen molar-refractivity contribution in [3.05, 3.63) is 29.3 Å². The minimum Gasteiger partial charge on any atom is -0.452 e. The molecule has 0 unspecified atom stereocenters. The molecule has 158 valence electrons. The standard InChI is InChI=1S/C20H27N3O5S/c1-14-7-8-17(11-15(14)2)29(26,27)22-12-18(24)28-16(3)19(25)23-20(13-21)9-5-4-6-10-20/h7-8,11,16,22H,4-6,9-10,12H2,1-3H3,(H,23,25)/t16-/m1/s1. The summed E-state index contributed by atoms with van der Waals surface area (Å²) < 4.78 is 31.9. The van der Waals surface area contributed by atoms with Crippen molar-refractivity contribution in [1.29, 1.82) is 5.26 Å². The van der Waals surface area contributed by atoms with Gasteiger partial charge >= 0.3 is 5.97 Å². The van der Waals surface area contributed by atoms with Crippen molar-refractivity contribution >= 4 is 21.9 Å². The molecule has 0 bridgehead atoms. The lowest BCUT2D eigenvalue weighted by Crippen LogP contribution is -2.52. The maximum Gasteiger partial charge on any atom is 0.321 e. The molecular formula is C20H27N3O5S. The minimum atomic E-state index is -3.88. The van der Waals surface area contributed by atoms with Crippen LogP contribution in [0.4, 0.5) is 0 Å². The maximum absolute atomic E-state index is 12.3. The van der Waals surface area contributed by atoms with Crippen LogP contribution >= 0.6 is 0 Å². The average Bonchev–Trinajstić information content (AvgIpc) is 2.69. The highest BCUT2D eigenvalue weighted by Crippen LogP contribution is 2.27. The van der Waals surface area contributed by atoms with Crippen molar-refractivity contribution in [2.75, 3.05) is 6.54 Å². The van der Waals surface area contributed by atoms with Crippen molar-refractivity contribution in [3.63, 3.8) is 0 Å². The molecule has 1 fully saturated rings. The fraction of sp³-hybridized carbons (Fsp3) is 0.550. The largest absolute Gasteiger partial charge is 0.452 e. The number of esters is 1. The molecule has 0 spiro atoms. The average molecular weight is 422 g/mol. The number of nitrogens with one attached hydrogen (secondary N) is 2. The first-order valence-electron chi connectivity index (χ1n) is 9.58. The Morgan fingerprint density at radius 2 is 1.86 bits per heavy atom.